The summed E-state index contributed by atoms with van der Waals surface area (Å²) < 4.78 is 6.99. The smallest absolute Gasteiger partial charge is 0.407 e. The van der Waals surface area contributed by atoms with Gasteiger partial charge >= 0.3 is 12.1 Å². The molecule has 10 heteroatoms. The van der Waals surface area contributed by atoms with Crippen LogP contribution < -0.4 is 10.6 Å². The summed E-state index contributed by atoms with van der Waals surface area (Å²) in [6, 6.07) is 4.77. The van der Waals surface area contributed by atoms with Crippen molar-refractivity contribution in [2.24, 2.45) is 0 Å². The molecule has 0 radical (unpaired) electrons. The van der Waals surface area contributed by atoms with Gasteiger partial charge in [-0.3, -0.25) is 4.40 Å². The van der Waals surface area contributed by atoms with Crippen LogP contribution in [0.5, 0.6) is 0 Å². The number of aromatic nitrogens is 4. The number of carbonyl (C=O) groups is 2. The Hall–Kier alpha value is -3.43. The van der Waals surface area contributed by atoms with E-state index in [1.54, 1.807) is 23.5 Å². The van der Waals surface area contributed by atoms with Gasteiger partial charge in [0.15, 0.2) is 5.82 Å². The number of anilines is 1. The van der Waals surface area contributed by atoms with Gasteiger partial charge in [0.2, 0.25) is 5.65 Å². The number of hydrogen-bond acceptors (Lipinski definition) is 7. The van der Waals surface area contributed by atoms with E-state index in [-0.39, 0.29) is 5.56 Å². The number of carboxylic acid groups (broad SMARTS) is 1. The first-order chi connectivity index (χ1) is 14.2. The Kier molecular flexibility index (Phi) is 6.04. The Morgan fingerprint density at radius 3 is 2.60 bits per heavy atom. The third-order valence-corrected chi connectivity index (χ3v) is 4.30. The van der Waals surface area contributed by atoms with E-state index in [1.165, 1.54) is 6.07 Å². The standard InChI is InChI=1S/C20H26N6O4/c1-12-24-25-17-16(21-9-5-6-10-22-19(29)30-20(2,3)4)23-14-8-7-13(18(27)28)11-15(14)26(12)17/h7-8,11H,5-6,9-10H2,1-4H3,(H,21,23)(H,22,29)(H,27,28). The fraction of sp³-hybridized carbons (Fsp3) is 0.450. The largest absolute Gasteiger partial charge is 0.478 e. The van der Waals surface area contributed by atoms with E-state index in [1.807, 2.05) is 20.8 Å². The molecule has 10 nitrogen and oxygen atoms in total. The van der Waals surface area contributed by atoms with E-state index in [2.05, 4.69) is 25.8 Å². The Morgan fingerprint density at radius 2 is 1.90 bits per heavy atom. The molecule has 30 heavy (non-hydrogen) atoms. The second-order valence-electron chi connectivity index (χ2n) is 7.94. The van der Waals surface area contributed by atoms with Crippen LogP contribution in [0.1, 0.15) is 49.8 Å². The highest BCUT2D eigenvalue weighted by Crippen LogP contribution is 2.22. The van der Waals surface area contributed by atoms with Gasteiger partial charge in [-0.15, -0.1) is 10.2 Å². The van der Waals surface area contributed by atoms with Gasteiger partial charge < -0.3 is 20.5 Å². The number of nitrogens with one attached hydrogen (secondary N) is 2. The highest BCUT2D eigenvalue weighted by atomic mass is 16.6. The van der Waals surface area contributed by atoms with Crippen molar-refractivity contribution < 1.29 is 19.4 Å². The van der Waals surface area contributed by atoms with E-state index in [9.17, 15) is 14.7 Å². The molecule has 1 amide bonds. The summed E-state index contributed by atoms with van der Waals surface area (Å²) >= 11 is 0. The summed E-state index contributed by atoms with van der Waals surface area (Å²) in [6.45, 7) is 8.41. The summed E-state index contributed by atoms with van der Waals surface area (Å²) in [5, 5.41) is 23.5. The van der Waals surface area contributed by atoms with Crippen molar-refractivity contribution in [1.82, 2.24) is 24.9 Å². The van der Waals surface area contributed by atoms with Crippen molar-refractivity contribution in [3.63, 3.8) is 0 Å². The molecule has 0 unspecified atom stereocenters. The molecular weight excluding hydrogens is 388 g/mol. The maximum Gasteiger partial charge on any atom is 0.407 e. The van der Waals surface area contributed by atoms with Crippen molar-refractivity contribution in [3.05, 3.63) is 29.6 Å². The van der Waals surface area contributed by atoms with Crippen molar-refractivity contribution in [2.75, 3.05) is 18.4 Å². The van der Waals surface area contributed by atoms with Crippen LogP contribution in [0.4, 0.5) is 10.6 Å². The number of nitrogens with zero attached hydrogens (tertiary/aromatic N) is 4. The summed E-state index contributed by atoms with van der Waals surface area (Å²) in [5.41, 5.74) is 1.48. The van der Waals surface area contributed by atoms with Gasteiger partial charge in [-0.1, -0.05) is 0 Å². The van der Waals surface area contributed by atoms with Gasteiger partial charge in [0.1, 0.15) is 11.4 Å². The minimum absolute atomic E-state index is 0.178. The number of hydrogen-bond donors (Lipinski definition) is 3. The van der Waals surface area contributed by atoms with Gasteiger partial charge in [0, 0.05) is 13.1 Å². The third-order valence-electron chi connectivity index (χ3n) is 4.30. The number of aromatic carboxylic acids is 1. The lowest BCUT2D eigenvalue weighted by molar-refractivity contribution is 0.0526. The molecule has 0 saturated heterocycles. The van der Waals surface area contributed by atoms with E-state index < -0.39 is 17.7 Å². The molecule has 0 atom stereocenters. The van der Waals surface area contributed by atoms with Gasteiger partial charge in [-0.2, -0.15) is 0 Å². The fourth-order valence-electron chi connectivity index (χ4n) is 2.98. The van der Waals surface area contributed by atoms with Crippen molar-refractivity contribution in [1.29, 1.82) is 0 Å². The third kappa shape index (κ3) is 4.94. The molecule has 3 aromatic rings. The molecule has 3 N–H and O–H groups in total. The lowest BCUT2D eigenvalue weighted by Crippen LogP contribution is -2.33. The Balaban J connectivity index is 1.65. The topological polar surface area (TPSA) is 131 Å². The van der Waals surface area contributed by atoms with Crippen LogP contribution in [-0.2, 0) is 4.74 Å². The Labute approximate surface area is 173 Å². The van der Waals surface area contributed by atoms with E-state index in [0.717, 1.165) is 12.8 Å². The van der Waals surface area contributed by atoms with Gasteiger partial charge in [0.05, 0.1) is 16.6 Å². The molecule has 0 saturated carbocycles. The fourth-order valence-corrected chi connectivity index (χ4v) is 2.98. The molecular formula is C20H26N6O4. The number of ether oxygens (including phenoxy) is 1. The molecule has 160 valence electrons. The van der Waals surface area contributed by atoms with E-state index in [0.29, 0.717) is 41.4 Å². The van der Waals surface area contributed by atoms with Crippen LogP contribution >= 0.6 is 0 Å². The first kappa shape index (κ1) is 21.3. The first-order valence-electron chi connectivity index (χ1n) is 9.75. The zero-order valence-electron chi connectivity index (χ0n) is 17.5. The number of unbranched alkanes of at least 4 members (excludes halogenated alkanes) is 1. The molecule has 0 aliphatic heterocycles. The minimum atomic E-state index is -1.00. The number of fused-ring (bicyclic) bond motifs is 3. The maximum absolute atomic E-state index is 11.6. The molecule has 0 bridgehead atoms. The molecule has 2 aromatic heterocycles. The molecule has 0 aliphatic rings. The zero-order chi connectivity index (χ0) is 21.9. The number of carbonyl (C=O) groups excluding carboxylic acids is 1. The molecule has 1 aromatic carbocycles. The van der Waals surface area contributed by atoms with Gasteiger partial charge in [-0.05, 0) is 58.7 Å². The number of alkyl carbamates (subject to hydrolysis) is 1. The summed E-state index contributed by atoms with van der Waals surface area (Å²) in [7, 11) is 0. The second-order valence-corrected chi connectivity index (χ2v) is 7.94. The number of carboxylic acids is 1. The summed E-state index contributed by atoms with van der Waals surface area (Å²) in [4.78, 5) is 27.5. The Morgan fingerprint density at radius 1 is 1.17 bits per heavy atom. The highest BCUT2D eigenvalue weighted by Gasteiger charge is 2.16. The van der Waals surface area contributed by atoms with Crippen molar-refractivity contribution in [3.8, 4) is 0 Å². The molecule has 2 heterocycles. The van der Waals surface area contributed by atoms with E-state index >= 15 is 0 Å². The van der Waals surface area contributed by atoms with Crippen molar-refractivity contribution >= 4 is 34.6 Å². The zero-order valence-corrected chi connectivity index (χ0v) is 17.5. The monoisotopic (exact) mass is 414 g/mol. The molecule has 0 fully saturated rings. The van der Waals surface area contributed by atoms with Crippen LogP contribution in [0.3, 0.4) is 0 Å². The molecule has 0 aliphatic carbocycles. The minimum Gasteiger partial charge on any atom is -0.478 e. The summed E-state index contributed by atoms with van der Waals surface area (Å²) in [5.74, 6) is 0.216. The lowest BCUT2D eigenvalue weighted by Gasteiger charge is -2.19. The SMILES string of the molecule is Cc1nnc2c(NCCCCNC(=O)OC(C)(C)C)nc3ccc(C(=O)O)cc3n12. The lowest BCUT2D eigenvalue weighted by atomic mass is 10.2. The highest BCUT2D eigenvalue weighted by molar-refractivity contribution is 5.93. The van der Waals surface area contributed by atoms with Crippen LogP contribution in [-0.4, -0.2) is 55.4 Å². The first-order valence-corrected chi connectivity index (χ1v) is 9.75. The van der Waals surface area contributed by atoms with Crippen LogP contribution in [0, 0.1) is 6.92 Å². The predicted octanol–water partition coefficient (Wildman–Crippen LogP) is 3.00. The normalized spacial score (nSPS) is 11.6. The van der Waals surface area contributed by atoms with Crippen LogP contribution in [0.25, 0.3) is 16.7 Å². The van der Waals surface area contributed by atoms with E-state index in [4.69, 9.17) is 4.74 Å². The number of benzene rings is 1. The van der Waals surface area contributed by atoms with Gasteiger partial charge in [0.25, 0.3) is 0 Å². The van der Waals surface area contributed by atoms with Crippen molar-refractivity contribution in [2.45, 2.75) is 46.1 Å². The number of rotatable bonds is 7. The molecule has 3 rings (SSSR count). The quantitative estimate of drug-likeness (QED) is 0.503. The Bertz CT molecular complexity index is 1090. The number of aryl methyl sites for hydroxylation is 1. The maximum atomic E-state index is 11.6. The van der Waals surface area contributed by atoms with Crippen LogP contribution in [0.15, 0.2) is 18.2 Å². The second kappa shape index (κ2) is 8.52. The average molecular weight is 414 g/mol. The van der Waals surface area contributed by atoms with Gasteiger partial charge in [-0.25, -0.2) is 14.6 Å². The predicted molar refractivity (Wildman–Crippen MR) is 112 cm³/mol. The molecule has 0 spiro atoms. The van der Waals surface area contributed by atoms with Crippen LogP contribution in [0.2, 0.25) is 0 Å². The summed E-state index contributed by atoms with van der Waals surface area (Å²) in [6.07, 6.45) is 1.14. The number of amides is 1. The average Bonchev–Trinajstić information content (AvgIpc) is 3.05.